The molecule has 21 heteroatoms. The lowest BCUT2D eigenvalue weighted by Gasteiger charge is -2.25. The summed E-state index contributed by atoms with van der Waals surface area (Å²) in [5.41, 5.74) is 0. The van der Waals surface area contributed by atoms with Gasteiger partial charge >= 0.3 is 29.6 Å². The Balaban J connectivity index is 1.72. The topological polar surface area (TPSA) is 217 Å². The third-order valence-electron chi connectivity index (χ3n) is 5.31. The van der Waals surface area contributed by atoms with Crippen LogP contribution in [0.4, 0.5) is 4.79 Å². The molecular formula is C19H35BNO14P3S2. The van der Waals surface area contributed by atoms with Crippen LogP contribution in [0, 0.1) is 0 Å². The van der Waals surface area contributed by atoms with Gasteiger partial charge in [0.05, 0.1) is 12.7 Å². The molecule has 2 radical (unpaired) electrons. The van der Waals surface area contributed by atoms with Crippen LogP contribution in [-0.4, -0.2) is 81.7 Å². The molecule has 0 aromatic heterocycles. The van der Waals surface area contributed by atoms with Gasteiger partial charge in [-0.05, 0) is 52.4 Å². The van der Waals surface area contributed by atoms with Crippen molar-refractivity contribution >= 4 is 59.0 Å². The Morgan fingerprint density at radius 3 is 2.50 bits per heavy atom. The Labute approximate surface area is 242 Å². The molecule has 230 valence electrons. The molecule has 2 rings (SSSR count). The maximum absolute atomic E-state index is 12.2. The van der Waals surface area contributed by atoms with E-state index >= 15 is 0 Å². The number of alkyl carbamates (subject to hydrolysis) is 1. The summed E-state index contributed by atoms with van der Waals surface area (Å²) >= 11 is 0. The highest BCUT2D eigenvalue weighted by Crippen LogP contribution is 2.66. The molecule has 40 heavy (non-hydrogen) atoms. The summed E-state index contributed by atoms with van der Waals surface area (Å²) < 4.78 is 62.4. The highest BCUT2D eigenvalue weighted by atomic mass is 33.1. The van der Waals surface area contributed by atoms with E-state index < -0.39 is 54.4 Å². The Kier molecular flexibility index (Phi) is 14.7. The Morgan fingerprint density at radius 2 is 1.80 bits per heavy atom. The highest BCUT2D eigenvalue weighted by Gasteiger charge is 2.42. The van der Waals surface area contributed by atoms with Crippen LogP contribution in [0.25, 0.3) is 0 Å². The lowest BCUT2D eigenvalue weighted by atomic mass is 9.96. The molecule has 1 amide bonds. The van der Waals surface area contributed by atoms with Crippen LogP contribution in [-0.2, 0) is 41.1 Å². The van der Waals surface area contributed by atoms with Crippen molar-refractivity contribution < 1.29 is 65.4 Å². The van der Waals surface area contributed by atoms with Gasteiger partial charge in [-0.1, -0.05) is 33.7 Å². The maximum atomic E-state index is 12.2. The minimum Gasteiger partial charge on any atom is -0.446 e. The van der Waals surface area contributed by atoms with E-state index in [0.717, 1.165) is 32.1 Å². The van der Waals surface area contributed by atoms with E-state index in [1.54, 1.807) is 0 Å². The van der Waals surface area contributed by atoms with Crippen molar-refractivity contribution in [2.24, 2.45) is 0 Å². The zero-order valence-corrected chi connectivity index (χ0v) is 26.3. The summed E-state index contributed by atoms with van der Waals surface area (Å²) in [4.78, 5) is 48.3. The van der Waals surface area contributed by atoms with Crippen molar-refractivity contribution in [2.45, 2.75) is 81.4 Å². The van der Waals surface area contributed by atoms with Gasteiger partial charge in [0.15, 0.2) is 0 Å². The number of rotatable bonds is 15. The van der Waals surface area contributed by atoms with Crippen molar-refractivity contribution in [1.29, 1.82) is 0 Å². The molecule has 2 aliphatic rings. The molecule has 5 N–H and O–H groups in total. The molecule has 6 atom stereocenters. The standard InChI is InChI=1S/C19H35BNO14P3S2/c1-19(2,12-21-18(22)32-14-8-6-4-3-5-7-9-14)40-39-13-30-15-10-17(20)33-16(15)11-31-37(26,27)35-38(28,29)34-36(23,24)25/h3-4,14-17H,5-13H2,1-2H3,(H,21,22)(H,26,27)(H,28,29)(H2,23,24,25)/b4-3+/t14?,15?,16-,17-/m1/s1. The van der Waals surface area contributed by atoms with Crippen LogP contribution < -0.4 is 5.32 Å². The Hall–Kier alpha value is 0.105. The fourth-order valence-electron chi connectivity index (χ4n) is 3.59. The van der Waals surface area contributed by atoms with Crippen LogP contribution in [0.2, 0.25) is 0 Å². The zero-order valence-electron chi connectivity index (χ0n) is 21.9. The summed E-state index contributed by atoms with van der Waals surface area (Å²) in [6, 6.07) is -0.780. The maximum Gasteiger partial charge on any atom is 0.490 e. The molecule has 0 bridgehead atoms. The molecule has 1 aliphatic carbocycles. The van der Waals surface area contributed by atoms with E-state index in [0.29, 0.717) is 6.54 Å². The number of hydrogen-bond acceptors (Lipinski definition) is 12. The minimum atomic E-state index is -5.63. The normalized spacial score (nSPS) is 28.1. The SMILES string of the molecule is [B][C@H]1CC(OCSSC(C)(C)CNC(=O)OC2CC/C=C/CCC2)[C@@H](COP(=O)(O)OP(=O)(O)OP(=O)(O)O)O1. The number of carbonyl (C=O) groups is 1. The third kappa shape index (κ3) is 15.5. The van der Waals surface area contributed by atoms with Gasteiger partial charge in [0.25, 0.3) is 0 Å². The molecule has 0 saturated carbocycles. The second-order valence-corrected chi connectivity index (χ2v) is 16.9. The number of ether oxygens (including phenoxy) is 3. The Morgan fingerprint density at radius 1 is 1.10 bits per heavy atom. The van der Waals surface area contributed by atoms with Gasteiger partial charge in [0.1, 0.15) is 26.0 Å². The van der Waals surface area contributed by atoms with Crippen molar-refractivity contribution in [3.8, 4) is 0 Å². The van der Waals surface area contributed by atoms with E-state index in [4.69, 9.17) is 31.8 Å². The molecule has 0 aromatic rings. The fraction of sp³-hybridized carbons (Fsp3) is 0.842. The average Bonchev–Trinajstić information content (AvgIpc) is 3.13. The molecule has 1 fully saturated rings. The molecule has 0 spiro atoms. The molecule has 4 unspecified atom stereocenters. The predicted octanol–water partition coefficient (Wildman–Crippen LogP) is 3.73. The van der Waals surface area contributed by atoms with E-state index in [9.17, 15) is 28.3 Å². The Bertz CT molecular complexity index is 1000. The second kappa shape index (κ2) is 16.3. The summed E-state index contributed by atoms with van der Waals surface area (Å²) in [5.74, 6) is 0.153. The van der Waals surface area contributed by atoms with Crippen LogP contribution in [0.5, 0.6) is 0 Å². The number of carbonyl (C=O) groups excluding carboxylic acids is 1. The molecule has 0 aromatic carbocycles. The van der Waals surface area contributed by atoms with E-state index in [-0.39, 0.29) is 23.2 Å². The van der Waals surface area contributed by atoms with E-state index in [2.05, 4.69) is 30.6 Å². The van der Waals surface area contributed by atoms with Crippen molar-refractivity contribution in [3.63, 3.8) is 0 Å². The van der Waals surface area contributed by atoms with Crippen LogP contribution in [0.3, 0.4) is 0 Å². The molecule has 1 aliphatic heterocycles. The van der Waals surface area contributed by atoms with Gasteiger partial charge in [-0.25, -0.2) is 18.5 Å². The lowest BCUT2D eigenvalue weighted by molar-refractivity contribution is -0.0237. The van der Waals surface area contributed by atoms with Gasteiger partial charge in [0, 0.05) is 17.3 Å². The second-order valence-electron chi connectivity index (χ2n) is 9.48. The first kappa shape index (κ1) is 36.3. The number of amides is 1. The van der Waals surface area contributed by atoms with Crippen LogP contribution in [0.15, 0.2) is 12.2 Å². The summed E-state index contributed by atoms with van der Waals surface area (Å²) in [6.07, 6.45) is 6.74. The molecular weight excluding hydrogens is 634 g/mol. The summed E-state index contributed by atoms with van der Waals surface area (Å²) in [6.45, 7) is 3.56. The smallest absolute Gasteiger partial charge is 0.446 e. The van der Waals surface area contributed by atoms with Crippen LogP contribution >= 0.6 is 45.1 Å². The van der Waals surface area contributed by atoms with Gasteiger partial charge in [0.2, 0.25) is 0 Å². The minimum absolute atomic E-state index is 0.104. The monoisotopic (exact) mass is 669 g/mol. The number of hydrogen-bond donors (Lipinski definition) is 5. The molecule has 1 heterocycles. The number of nitrogens with one attached hydrogen (secondary N) is 1. The van der Waals surface area contributed by atoms with Crippen molar-refractivity contribution in [2.75, 3.05) is 19.1 Å². The number of allylic oxidation sites excluding steroid dienone is 2. The van der Waals surface area contributed by atoms with Gasteiger partial charge in [-0.2, -0.15) is 8.62 Å². The largest absolute Gasteiger partial charge is 0.490 e. The summed E-state index contributed by atoms with van der Waals surface area (Å²) in [5, 5.41) is 2.80. The van der Waals surface area contributed by atoms with Crippen LogP contribution in [0.1, 0.15) is 52.4 Å². The highest BCUT2D eigenvalue weighted by molar-refractivity contribution is 8.77. The first-order valence-electron chi connectivity index (χ1n) is 12.2. The zero-order chi connectivity index (χ0) is 30.0. The molecule has 15 nitrogen and oxygen atoms in total. The number of phosphoric acid groups is 3. The van der Waals surface area contributed by atoms with E-state index in [1.807, 2.05) is 13.8 Å². The van der Waals surface area contributed by atoms with Gasteiger partial charge < -0.3 is 39.1 Å². The first-order chi connectivity index (χ1) is 18.5. The third-order valence-corrected chi connectivity index (χ3v) is 12.1. The van der Waals surface area contributed by atoms with Gasteiger partial charge in [-0.15, -0.1) is 0 Å². The van der Waals surface area contributed by atoms with Crippen molar-refractivity contribution in [3.05, 3.63) is 12.2 Å². The molecule has 1 saturated heterocycles. The van der Waals surface area contributed by atoms with E-state index in [1.165, 1.54) is 21.6 Å². The first-order valence-corrected chi connectivity index (χ1v) is 19.0. The fourth-order valence-corrected chi connectivity index (χ4v) is 8.79. The van der Waals surface area contributed by atoms with Gasteiger partial charge in [-0.3, -0.25) is 4.52 Å². The summed E-state index contributed by atoms with van der Waals surface area (Å²) in [7, 11) is -7.85. The number of phosphoric ester groups is 1. The lowest BCUT2D eigenvalue weighted by Crippen LogP contribution is -2.38. The van der Waals surface area contributed by atoms with Crippen molar-refractivity contribution in [1.82, 2.24) is 5.32 Å². The quantitative estimate of drug-likeness (QED) is 0.0419. The average molecular weight is 669 g/mol. The predicted molar refractivity (Wildman–Crippen MR) is 148 cm³/mol.